The minimum Gasteiger partial charge on any atom is -0.393 e. The Morgan fingerprint density at radius 1 is 1.37 bits per heavy atom. The van der Waals surface area contributed by atoms with Gasteiger partial charge in [0.15, 0.2) is 11.6 Å². The number of nitrogens with zero attached hydrogens (tertiary/aromatic N) is 4. The number of hydrogen-bond acceptors (Lipinski definition) is 6. The van der Waals surface area contributed by atoms with Gasteiger partial charge in [-0.3, -0.25) is 0 Å². The number of likely N-dealkylation sites (N-methyl/N-ethyl adjacent to an activating group) is 1. The number of anilines is 3. The Hall–Kier alpha value is -1.82. The van der Waals surface area contributed by atoms with Crippen LogP contribution in [0.25, 0.3) is 0 Å². The molecule has 0 radical (unpaired) electrons. The maximum absolute atomic E-state index is 6.15. The summed E-state index contributed by atoms with van der Waals surface area (Å²) in [6.07, 6.45) is 3.34. The fraction of sp³-hybridized carbons (Fsp3) is 0.538. The van der Waals surface area contributed by atoms with Crippen LogP contribution in [0.3, 0.4) is 0 Å². The zero-order valence-electron chi connectivity index (χ0n) is 11.5. The highest BCUT2D eigenvalue weighted by molar-refractivity contribution is 5.75. The molecular formula is C13H22N6. The molecule has 19 heavy (non-hydrogen) atoms. The van der Waals surface area contributed by atoms with Crippen molar-refractivity contribution in [3.8, 4) is 0 Å². The lowest BCUT2D eigenvalue weighted by atomic mass is 10.3. The summed E-state index contributed by atoms with van der Waals surface area (Å²) in [6.45, 7) is 11.6. The molecule has 1 aliphatic rings. The molecule has 0 unspecified atom stereocenters. The van der Waals surface area contributed by atoms with E-state index in [1.54, 1.807) is 12.4 Å². The van der Waals surface area contributed by atoms with Gasteiger partial charge in [0.05, 0.1) is 0 Å². The van der Waals surface area contributed by atoms with E-state index in [1.165, 1.54) is 0 Å². The van der Waals surface area contributed by atoms with Crippen molar-refractivity contribution in [2.45, 2.75) is 6.92 Å². The number of hydrogen-bond donors (Lipinski definition) is 2. The number of nitrogens with two attached hydrogens (primary N) is 1. The first-order valence-electron chi connectivity index (χ1n) is 6.68. The third-order valence-electron chi connectivity index (χ3n) is 3.40. The molecule has 0 spiro atoms. The van der Waals surface area contributed by atoms with E-state index < -0.39 is 0 Å². The van der Waals surface area contributed by atoms with Crippen molar-refractivity contribution in [1.82, 2.24) is 14.9 Å². The molecule has 0 saturated carbocycles. The zero-order valence-corrected chi connectivity index (χ0v) is 11.5. The van der Waals surface area contributed by atoms with Gasteiger partial charge in [-0.1, -0.05) is 13.0 Å². The van der Waals surface area contributed by atoms with Crippen LogP contribution in [-0.2, 0) is 0 Å². The summed E-state index contributed by atoms with van der Waals surface area (Å²) in [4.78, 5) is 13.1. The molecule has 1 aromatic heterocycles. The predicted octanol–water partition coefficient (Wildman–Crippen LogP) is 0.799. The molecule has 1 aliphatic heterocycles. The molecule has 0 aromatic carbocycles. The standard InChI is InChI=1S/C13H22N6/c1-3-5-15-12-11(14)13(17-10-16-12)19-8-6-18(4-2)7-9-19/h3,10H,1,4-9,14H2,2H3,(H,15,16,17). The lowest BCUT2D eigenvalue weighted by Crippen LogP contribution is -2.46. The average Bonchev–Trinajstić information content (AvgIpc) is 2.46. The van der Waals surface area contributed by atoms with Gasteiger partial charge >= 0.3 is 0 Å². The molecule has 0 aliphatic carbocycles. The molecule has 2 rings (SSSR count). The Morgan fingerprint density at radius 3 is 2.74 bits per heavy atom. The lowest BCUT2D eigenvalue weighted by molar-refractivity contribution is 0.270. The van der Waals surface area contributed by atoms with Crippen molar-refractivity contribution in [1.29, 1.82) is 0 Å². The van der Waals surface area contributed by atoms with Crippen LogP contribution in [0, 0.1) is 0 Å². The van der Waals surface area contributed by atoms with Gasteiger partial charge in [0, 0.05) is 32.7 Å². The van der Waals surface area contributed by atoms with Crippen LogP contribution >= 0.6 is 0 Å². The smallest absolute Gasteiger partial charge is 0.157 e. The van der Waals surface area contributed by atoms with Gasteiger partial charge in [-0.05, 0) is 6.54 Å². The van der Waals surface area contributed by atoms with Crippen LogP contribution in [0.15, 0.2) is 19.0 Å². The quantitative estimate of drug-likeness (QED) is 0.765. The van der Waals surface area contributed by atoms with Gasteiger partial charge in [0.2, 0.25) is 0 Å². The first-order valence-corrected chi connectivity index (χ1v) is 6.68. The van der Waals surface area contributed by atoms with Gasteiger partial charge in [-0.15, -0.1) is 6.58 Å². The first-order chi connectivity index (χ1) is 9.26. The topological polar surface area (TPSA) is 70.3 Å². The molecule has 2 heterocycles. The average molecular weight is 262 g/mol. The van der Waals surface area contributed by atoms with E-state index in [1.807, 2.05) is 0 Å². The fourth-order valence-corrected chi connectivity index (χ4v) is 2.22. The Labute approximate surface area is 114 Å². The van der Waals surface area contributed by atoms with Crippen LogP contribution in [-0.4, -0.2) is 54.1 Å². The second-order valence-corrected chi connectivity index (χ2v) is 4.55. The summed E-state index contributed by atoms with van der Waals surface area (Å²) in [7, 11) is 0. The lowest BCUT2D eigenvalue weighted by Gasteiger charge is -2.35. The molecule has 3 N–H and O–H groups in total. The van der Waals surface area contributed by atoms with Crippen molar-refractivity contribution in [3.05, 3.63) is 19.0 Å². The second kappa shape index (κ2) is 6.38. The maximum Gasteiger partial charge on any atom is 0.157 e. The maximum atomic E-state index is 6.15. The van der Waals surface area contributed by atoms with Crippen molar-refractivity contribution in [2.24, 2.45) is 0 Å². The van der Waals surface area contributed by atoms with Gasteiger partial charge < -0.3 is 20.9 Å². The highest BCUT2D eigenvalue weighted by Crippen LogP contribution is 2.26. The third kappa shape index (κ3) is 3.14. The van der Waals surface area contributed by atoms with E-state index in [9.17, 15) is 0 Å². The van der Waals surface area contributed by atoms with E-state index >= 15 is 0 Å². The number of nitrogens with one attached hydrogen (secondary N) is 1. The predicted molar refractivity (Wildman–Crippen MR) is 79.5 cm³/mol. The number of piperazine rings is 1. The molecule has 0 amide bonds. The van der Waals surface area contributed by atoms with Crippen molar-refractivity contribution in [3.63, 3.8) is 0 Å². The Balaban J connectivity index is 2.10. The minimum atomic E-state index is 0.620. The number of rotatable bonds is 5. The summed E-state index contributed by atoms with van der Waals surface area (Å²) >= 11 is 0. The SMILES string of the molecule is C=CCNc1ncnc(N2CCN(CC)CC2)c1N. The number of aromatic nitrogens is 2. The van der Waals surface area contributed by atoms with Crippen molar-refractivity contribution >= 4 is 17.3 Å². The van der Waals surface area contributed by atoms with Crippen LogP contribution < -0.4 is 16.0 Å². The summed E-state index contributed by atoms with van der Waals surface area (Å²) in [6, 6.07) is 0. The first kappa shape index (κ1) is 13.6. The normalized spacial score (nSPS) is 16.4. The van der Waals surface area contributed by atoms with E-state index in [0.29, 0.717) is 18.1 Å². The zero-order chi connectivity index (χ0) is 13.7. The molecule has 1 aromatic rings. The highest BCUT2D eigenvalue weighted by atomic mass is 15.3. The van der Waals surface area contributed by atoms with E-state index in [-0.39, 0.29) is 0 Å². The highest BCUT2D eigenvalue weighted by Gasteiger charge is 2.20. The summed E-state index contributed by atoms with van der Waals surface area (Å²) in [5.74, 6) is 1.51. The fourth-order valence-electron chi connectivity index (χ4n) is 2.22. The molecule has 1 saturated heterocycles. The van der Waals surface area contributed by atoms with Crippen LogP contribution in [0.2, 0.25) is 0 Å². The van der Waals surface area contributed by atoms with E-state index in [0.717, 1.165) is 38.5 Å². The van der Waals surface area contributed by atoms with Gasteiger partial charge in [0.25, 0.3) is 0 Å². The summed E-state index contributed by atoms with van der Waals surface area (Å²) < 4.78 is 0. The third-order valence-corrected chi connectivity index (χ3v) is 3.40. The Kier molecular flexibility index (Phi) is 4.57. The van der Waals surface area contributed by atoms with Gasteiger partial charge in [0.1, 0.15) is 12.0 Å². The molecule has 6 heteroatoms. The molecule has 1 fully saturated rings. The second-order valence-electron chi connectivity index (χ2n) is 4.55. The Bertz CT molecular complexity index is 425. The Morgan fingerprint density at radius 2 is 2.11 bits per heavy atom. The molecular weight excluding hydrogens is 240 g/mol. The number of nitrogen functional groups attached to an aromatic ring is 1. The summed E-state index contributed by atoms with van der Waals surface area (Å²) in [5, 5.41) is 3.13. The van der Waals surface area contributed by atoms with Gasteiger partial charge in [-0.25, -0.2) is 9.97 Å². The van der Waals surface area contributed by atoms with E-state index in [2.05, 4.69) is 38.6 Å². The largest absolute Gasteiger partial charge is 0.393 e. The van der Waals surface area contributed by atoms with E-state index in [4.69, 9.17) is 5.73 Å². The summed E-state index contributed by atoms with van der Waals surface area (Å²) in [5.41, 5.74) is 6.76. The molecule has 0 atom stereocenters. The minimum absolute atomic E-state index is 0.620. The van der Waals surface area contributed by atoms with Crippen LogP contribution in [0.4, 0.5) is 17.3 Å². The molecule has 0 bridgehead atoms. The van der Waals surface area contributed by atoms with Crippen molar-refractivity contribution in [2.75, 3.05) is 55.2 Å². The van der Waals surface area contributed by atoms with Gasteiger partial charge in [-0.2, -0.15) is 0 Å². The molecule has 6 nitrogen and oxygen atoms in total. The molecule has 104 valence electrons. The van der Waals surface area contributed by atoms with Crippen LogP contribution in [0.5, 0.6) is 0 Å². The van der Waals surface area contributed by atoms with Crippen molar-refractivity contribution < 1.29 is 0 Å². The monoisotopic (exact) mass is 262 g/mol. The van der Waals surface area contributed by atoms with Crippen LogP contribution in [0.1, 0.15) is 6.92 Å².